The minimum atomic E-state index is -0.244. The van der Waals surface area contributed by atoms with Gasteiger partial charge in [-0.05, 0) is 41.5 Å². The van der Waals surface area contributed by atoms with Gasteiger partial charge in [0, 0.05) is 28.9 Å². The van der Waals surface area contributed by atoms with E-state index >= 15 is 0 Å². The second kappa shape index (κ2) is 9.15. The number of rotatable bonds is 5. The number of nitrogens with zero attached hydrogens (tertiary/aromatic N) is 2. The van der Waals surface area contributed by atoms with Gasteiger partial charge in [-0.15, -0.1) is 0 Å². The molecule has 1 aliphatic rings. The molecule has 0 unspecified atom stereocenters. The summed E-state index contributed by atoms with van der Waals surface area (Å²) in [7, 11) is 0. The topological polar surface area (TPSA) is 62.3 Å². The maximum absolute atomic E-state index is 13.2. The molecule has 1 aromatic heterocycles. The van der Waals surface area contributed by atoms with E-state index in [4.69, 9.17) is 11.6 Å². The van der Waals surface area contributed by atoms with Gasteiger partial charge in [0.2, 0.25) is 5.91 Å². The van der Waals surface area contributed by atoms with E-state index in [1.807, 2.05) is 54.6 Å². The molecule has 0 bridgehead atoms. The van der Waals surface area contributed by atoms with E-state index in [1.54, 1.807) is 24.5 Å². The molecule has 0 spiro atoms. The Hall–Kier alpha value is -3.09. The number of carbonyl (C=O) groups is 2. The van der Waals surface area contributed by atoms with Crippen LogP contribution in [0.25, 0.3) is 6.08 Å². The second-order valence-electron chi connectivity index (χ2n) is 6.63. The standard InChI is InChI=1S/C23H18ClN3O2S/c24-18-8-2-1-7-17(18)12-21-23(29)27(19-9-3-4-10-20(19)30-21)15-22(28)26-14-16-6-5-11-25-13-16/h1-13H,14-15H2,(H,26,28)/b21-12+. The molecular formula is C23H18ClN3O2S. The van der Waals surface area contributed by atoms with Crippen LogP contribution in [0.15, 0.2) is 82.9 Å². The maximum Gasteiger partial charge on any atom is 0.265 e. The normalized spacial score (nSPS) is 14.5. The lowest BCUT2D eigenvalue weighted by atomic mass is 10.2. The first-order chi connectivity index (χ1) is 14.6. The summed E-state index contributed by atoms with van der Waals surface area (Å²) >= 11 is 7.64. The Balaban J connectivity index is 1.57. The van der Waals surface area contributed by atoms with Crippen LogP contribution < -0.4 is 10.2 Å². The van der Waals surface area contributed by atoms with Crippen molar-refractivity contribution in [3.8, 4) is 0 Å². The number of halogens is 1. The van der Waals surface area contributed by atoms with E-state index in [-0.39, 0.29) is 18.4 Å². The molecule has 30 heavy (non-hydrogen) atoms. The number of para-hydroxylation sites is 1. The first-order valence-electron chi connectivity index (χ1n) is 9.32. The van der Waals surface area contributed by atoms with Gasteiger partial charge in [0.05, 0.1) is 10.6 Å². The van der Waals surface area contributed by atoms with Crippen molar-refractivity contribution in [1.29, 1.82) is 0 Å². The number of pyridine rings is 1. The first kappa shape index (κ1) is 20.2. The maximum atomic E-state index is 13.2. The number of aromatic nitrogens is 1. The molecule has 2 amide bonds. The molecule has 0 fully saturated rings. The fraction of sp³-hybridized carbons (Fsp3) is 0.0870. The smallest absolute Gasteiger partial charge is 0.265 e. The van der Waals surface area contributed by atoms with E-state index in [0.29, 0.717) is 16.5 Å². The fourth-order valence-corrected chi connectivity index (χ4v) is 4.30. The van der Waals surface area contributed by atoms with Crippen LogP contribution >= 0.6 is 23.4 Å². The van der Waals surface area contributed by atoms with Gasteiger partial charge < -0.3 is 5.32 Å². The van der Waals surface area contributed by atoms with E-state index < -0.39 is 0 Å². The van der Waals surface area contributed by atoms with Crippen LogP contribution in [0.2, 0.25) is 5.02 Å². The average molecular weight is 436 g/mol. The third kappa shape index (κ3) is 4.56. The molecule has 3 aromatic rings. The Morgan fingerprint density at radius 3 is 2.70 bits per heavy atom. The van der Waals surface area contributed by atoms with Crippen molar-refractivity contribution in [3.05, 3.63) is 94.1 Å². The van der Waals surface area contributed by atoms with Crippen molar-refractivity contribution in [2.24, 2.45) is 0 Å². The zero-order valence-corrected chi connectivity index (χ0v) is 17.5. The summed E-state index contributed by atoms with van der Waals surface area (Å²) in [6, 6.07) is 18.6. The van der Waals surface area contributed by atoms with Crippen LogP contribution in [0, 0.1) is 0 Å². The Morgan fingerprint density at radius 2 is 1.90 bits per heavy atom. The molecule has 2 aromatic carbocycles. The lowest BCUT2D eigenvalue weighted by molar-refractivity contribution is -0.122. The van der Waals surface area contributed by atoms with Crippen LogP contribution in [0.4, 0.5) is 5.69 Å². The molecule has 4 rings (SSSR count). The predicted octanol–water partition coefficient (Wildman–Crippen LogP) is 4.53. The number of benzene rings is 2. The van der Waals surface area contributed by atoms with Crippen LogP contribution in [-0.4, -0.2) is 23.3 Å². The molecule has 0 aliphatic carbocycles. The zero-order valence-electron chi connectivity index (χ0n) is 15.9. The zero-order chi connectivity index (χ0) is 20.9. The summed E-state index contributed by atoms with van der Waals surface area (Å²) in [5.41, 5.74) is 2.38. The van der Waals surface area contributed by atoms with Crippen molar-refractivity contribution in [2.75, 3.05) is 11.4 Å². The molecule has 0 radical (unpaired) electrons. The van der Waals surface area contributed by atoms with E-state index in [9.17, 15) is 9.59 Å². The molecule has 0 atom stereocenters. The molecule has 5 nitrogen and oxygen atoms in total. The van der Waals surface area contributed by atoms with Gasteiger partial charge in [0.25, 0.3) is 5.91 Å². The van der Waals surface area contributed by atoms with Gasteiger partial charge >= 0.3 is 0 Å². The Bertz CT molecular complexity index is 1120. The van der Waals surface area contributed by atoms with Crippen LogP contribution in [-0.2, 0) is 16.1 Å². The number of fused-ring (bicyclic) bond motifs is 1. The Labute approximate surface area is 183 Å². The highest BCUT2D eigenvalue weighted by Gasteiger charge is 2.30. The summed E-state index contributed by atoms with van der Waals surface area (Å²) in [5.74, 6) is -0.471. The first-order valence-corrected chi connectivity index (χ1v) is 10.5. The van der Waals surface area contributed by atoms with Gasteiger partial charge in [0.1, 0.15) is 6.54 Å². The number of hydrogen-bond donors (Lipinski definition) is 1. The number of amides is 2. The summed E-state index contributed by atoms with van der Waals surface area (Å²) in [6.45, 7) is 0.282. The van der Waals surface area contributed by atoms with Crippen molar-refractivity contribution in [2.45, 2.75) is 11.4 Å². The summed E-state index contributed by atoms with van der Waals surface area (Å²) in [6.07, 6.45) is 5.15. The quantitative estimate of drug-likeness (QED) is 0.598. The van der Waals surface area contributed by atoms with E-state index in [0.717, 1.165) is 21.7 Å². The molecule has 7 heteroatoms. The number of thioether (sulfide) groups is 1. The second-order valence-corrected chi connectivity index (χ2v) is 8.12. The predicted molar refractivity (Wildman–Crippen MR) is 120 cm³/mol. The SMILES string of the molecule is O=C(CN1C(=O)/C(=C\c2ccccc2Cl)Sc2ccccc21)NCc1cccnc1. The third-order valence-electron chi connectivity index (χ3n) is 4.54. The molecule has 1 aliphatic heterocycles. The summed E-state index contributed by atoms with van der Waals surface area (Å²) in [5, 5.41) is 3.42. The number of nitrogens with one attached hydrogen (secondary N) is 1. The summed E-state index contributed by atoms with van der Waals surface area (Å²) in [4.78, 5) is 32.8. The molecule has 2 heterocycles. The lowest BCUT2D eigenvalue weighted by Crippen LogP contribution is -2.42. The van der Waals surface area contributed by atoms with Gasteiger partial charge in [-0.25, -0.2) is 0 Å². The lowest BCUT2D eigenvalue weighted by Gasteiger charge is -2.29. The third-order valence-corrected chi connectivity index (χ3v) is 5.96. The van der Waals surface area contributed by atoms with Crippen LogP contribution in [0.3, 0.4) is 0 Å². The molecule has 150 valence electrons. The number of hydrogen-bond acceptors (Lipinski definition) is 4. The molecule has 1 N–H and O–H groups in total. The van der Waals surface area contributed by atoms with Crippen LogP contribution in [0.5, 0.6) is 0 Å². The average Bonchev–Trinajstić information content (AvgIpc) is 2.77. The largest absolute Gasteiger partial charge is 0.350 e. The van der Waals surface area contributed by atoms with E-state index in [1.165, 1.54) is 16.7 Å². The minimum absolute atomic E-state index is 0.0729. The van der Waals surface area contributed by atoms with Crippen molar-refractivity contribution < 1.29 is 9.59 Å². The number of carbonyl (C=O) groups excluding carboxylic acids is 2. The van der Waals surface area contributed by atoms with Gasteiger partial charge in [-0.3, -0.25) is 19.5 Å². The monoisotopic (exact) mass is 435 g/mol. The highest BCUT2D eigenvalue weighted by molar-refractivity contribution is 8.04. The van der Waals surface area contributed by atoms with Crippen molar-refractivity contribution >= 4 is 46.9 Å². The summed E-state index contributed by atoms with van der Waals surface area (Å²) < 4.78 is 0. The fourth-order valence-electron chi connectivity index (χ4n) is 3.06. The highest BCUT2D eigenvalue weighted by atomic mass is 35.5. The minimum Gasteiger partial charge on any atom is -0.350 e. The molecule has 0 saturated heterocycles. The molecule has 0 saturated carbocycles. The van der Waals surface area contributed by atoms with Crippen LogP contribution in [0.1, 0.15) is 11.1 Å². The Morgan fingerprint density at radius 1 is 1.10 bits per heavy atom. The number of anilines is 1. The van der Waals surface area contributed by atoms with Crippen molar-refractivity contribution in [1.82, 2.24) is 10.3 Å². The highest BCUT2D eigenvalue weighted by Crippen LogP contribution is 2.42. The van der Waals surface area contributed by atoms with E-state index in [2.05, 4.69) is 10.3 Å². The molecular weight excluding hydrogens is 418 g/mol. The van der Waals surface area contributed by atoms with Gasteiger partial charge in [0.15, 0.2) is 0 Å². The Kier molecular flexibility index (Phi) is 6.16. The van der Waals surface area contributed by atoms with Crippen molar-refractivity contribution in [3.63, 3.8) is 0 Å². The van der Waals surface area contributed by atoms with Gasteiger partial charge in [-0.1, -0.05) is 59.8 Å². The van der Waals surface area contributed by atoms with Gasteiger partial charge in [-0.2, -0.15) is 0 Å².